The zero-order chi connectivity index (χ0) is 14.5. The summed E-state index contributed by atoms with van der Waals surface area (Å²) in [6, 6.07) is 10.7. The van der Waals surface area contributed by atoms with Crippen LogP contribution in [0, 0.1) is 0 Å². The van der Waals surface area contributed by atoms with E-state index in [1.165, 1.54) is 6.92 Å². The second-order valence-electron chi connectivity index (χ2n) is 4.46. The van der Waals surface area contributed by atoms with Gasteiger partial charge in [-0.05, 0) is 22.9 Å². The molecule has 0 aliphatic heterocycles. The van der Waals surface area contributed by atoms with Gasteiger partial charge in [-0.2, -0.15) is 0 Å². The molecule has 0 aromatic heterocycles. The highest BCUT2D eigenvalue weighted by Gasteiger charge is 2.11. The summed E-state index contributed by atoms with van der Waals surface area (Å²) in [7, 11) is 0. The molecule has 2 aromatic carbocycles. The van der Waals surface area contributed by atoms with Gasteiger partial charge in [-0.3, -0.25) is 9.59 Å². The van der Waals surface area contributed by atoms with Gasteiger partial charge in [0.15, 0.2) is 0 Å². The lowest BCUT2D eigenvalue weighted by Gasteiger charge is -2.08. The Labute approximate surface area is 116 Å². The number of fused-ring (bicyclic) bond motifs is 1. The van der Waals surface area contributed by atoms with E-state index in [2.05, 4.69) is 10.6 Å². The van der Waals surface area contributed by atoms with Crippen molar-refractivity contribution in [2.45, 2.75) is 6.92 Å². The molecule has 20 heavy (non-hydrogen) atoms. The highest BCUT2D eigenvalue weighted by Crippen LogP contribution is 2.24. The van der Waals surface area contributed by atoms with Crippen LogP contribution >= 0.6 is 0 Å². The Morgan fingerprint density at radius 2 is 1.65 bits per heavy atom. The molecule has 0 aliphatic carbocycles. The second kappa shape index (κ2) is 6.06. The van der Waals surface area contributed by atoms with E-state index in [0.29, 0.717) is 13.1 Å². The summed E-state index contributed by atoms with van der Waals surface area (Å²) >= 11 is 0. The first-order chi connectivity index (χ1) is 9.58. The van der Waals surface area contributed by atoms with Crippen molar-refractivity contribution in [1.82, 2.24) is 10.6 Å². The molecule has 0 atom stereocenters. The largest absolute Gasteiger partial charge is 0.507 e. The minimum absolute atomic E-state index is 0.0549. The van der Waals surface area contributed by atoms with Gasteiger partial charge in [-0.15, -0.1) is 0 Å². The lowest BCUT2D eigenvalue weighted by atomic mass is 10.1. The fourth-order valence-electron chi connectivity index (χ4n) is 1.92. The van der Waals surface area contributed by atoms with Crippen LogP contribution in [0.25, 0.3) is 10.8 Å². The maximum Gasteiger partial charge on any atom is 0.255 e. The predicted octanol–water partition coefficient (Wildman–Crippen LogP) is 1.41. The first-order valence-electron chi connectivity index (χ1n) is 6.32. The van der Waals surface area contributed by atoms with E-state index >= 15 is 0 Å². The SMILES string of the molecule is CC(=O)NCCNC(=O)c1cc2ccccc2cc1O. The van der Waals surface area contributed by atoms with Crippen LogP contribution in [-0.4, -0.2) is 30.0 Å². The van der Waals surface area contributed by atoms with E-state index < -0.39 is 0 Å². The van der Waals surface area contributed by atoms with Crippen LogP contribution < -0.4 is 10.6 Å². The number of phenols is 1. The van der Waals surface area contributed by atoms with E-state index in [1.54, 1.807) is 12.1 Å². The van der Waals surface area contributed by atoms with Gasteiger partial charge in [0.25, 0.3) is 5.91 Å². The van der Waals surface area contributed by atoms with Gasteiger partial charge < -0.3 is 15.7 Å². The molecule has 3 N–H and O–H groups in total. The number of carbonyl (C=O) groups excluding carboxylic acids is 2. The number of rotatable bonds is 4. The molecule has 5 nitrogen and oxygen atoms in total. The lowest BCUT2D eigenvalue weighted by molar-refractivity contribution is -0.118. The maximum atomic E-state index is 12.0. The Kier molecular flexibility index (Phi) is 4.20. The van der Waals surface area contributed by atoms with Crippen LogP contribution in [0.5, 0.6) is 5.75 Å². The average Bonchev–Trinajstić information content (AvgIpc) is 2.42. The molecule has 0 heterocycles. The fourth-order valence-corrected chi connectivity index (χ4v) is 1.92. The van der Waals surface area contributed by atoms with E-state index in [1.807, 2.05) is 24.3 Å². The van der Waals surface area contributed by atoms with Gasteiger partial charge in [-0.1, -0.05) is 24.3 Å². The summed E-state index contributed by atoms with van der Waals surface area (Å²) in [5.74, 6) is -0.563. The Morgan fingerprint density at radius 3 is 2.30 bits per heavy atom. The Balaban J connectivity index is 2.09. The standard InChI is InChI=1S/C15H16N2O3/c1-10(18)16-6-7-17-15(20)13-8-11-4-2-3-5-12(11)9-14(13)19/h2-5,8-9,19H,6-7H2,1H3,(H,16,18)(H,17,20). The van der Waals surface area contributed by atoms with Crippen molar-refractivity contribution in [1.29, 1.82) is 0 Å². The number of amides is 2. The maximum absolute atomic E-state index is 12.0. The van der Waals surface area contributed by atoms with Gasteiger partial charge in [0.2, 0.25) is 5.91 Å². The minimum atomic E-state index is -0.362. The van der Waals surface area contributed by atoms with Crippen molar-refractivity contribution in [2.75, 3.05) is 13.1 Å². The Morgan fingerprint density at radius 1 is 1.05 bits per heavy atom. The number of hydrogen-bond donors (Lipinski definition) is 3. The molecule has 0 spiro atoms. The zero-order valence-corrected chi connectivity index (χ0v) is 11.1. The van der Waals surface area contributed by atoms with Crippen molar-refractivity contribution in [2.24, 2.45) is 0 Å². The molecule has 2 rings (SSSR count). The topological polar surface area (TPSA) is 78.4 Å². The average molecular weight is 272 g/mol. The molecule has 0 saturated carbocycles. The highest BCUT2D eigenvalue weighted by molar-refractivity contribution is 6.01. The van der Waals surface area contributed by atoms with Crippen LogP contribution in [0.4, 0.5) is 0 Å². The smallest absolute Gasteiger partial charge is 0.255 e. The third kappa shape index (κ3) is 3.26. The van der Waals surface area contributed by atoms with Crippen LogP contribution in [0.2, 0.25) is 0 Å². The molecule has 0 saturated heterocycles. The molecule has 2 aromatic rings. The molecular formula is C15H16N2O3. The number of benzene rings is 2. The summed E-state index contributed by atoms with van der Waals surface area (Å²) in [4.78, 5) is 22.7. The van der Waals surface area contributed by atoms with Crippen LogP contribution in [0.1, 0.15) is 17.3 Å². The molecule has 104 valence electrons. The molecular weight excluding hydrogens is 256 g/mol. The third-order valence-corrected chi connectivity index (χ3v) is 2.89. The Hall–Kier alpha value is -2.56. The van der Waals surface area contributed by atoms with Crippen molar-refractivity contribution in [3.63, 3.8) is 0 Å². The number of nitrogens with one attached hydrogen (secondary N) is 2. The van der Waals surface area contributed by atoms with Gasteiger partial charge in [0.1, 0.15) is 5.75 Å². The quantitative estimate of drug-likeness (QED) is 0.736. The van der Waals surface area contributed by atoms with Crippen molar-refractivity contribution >= 4 is 22.6 Å². The van der Waals surface area contributed by atoms with E-state index in [9.17, 15) is 14.7 Å². The summed E-state index contributed by atoms with van der Waals surface area (Å²) in [6.45, 7) is 2.08. The summed E-state index contributed by atoms with van der Waals surface area (Å²) in [5, 5.41) is 16.9. The molecule has 0 unspecified atom stereocenters. The minimum Gasteiger partial charge on any atom is -0.507 e. The third-order valence-electron chi connectivity index (χ3n) is 2.89. The van der Waals surface area contributed by atoms with E-state index in [-0.39, 0.29) is 23.1 Å². The molecule has 0 aliphatic rings. The zero-order valence-electron chi connectivity index (χ0n) is 11.1. The Bertz CT molecular complexity index is 653. The first-order valence-corrected chi connectivity index (χ1v) is 6.32. The number of hydrogen-bond acceptors (Lipinski definition) is 3. The number of phenolic OH excluding ortho intramolecular Hbond substituents is 1. The molecule has 0 radical (unpaired) electrons. The van der Waals surface area contributed by atoms with E-state index in [0.717, 1.165) is 10.8 Å². The predicted molar refractivity (Wildman–Crippen MR) is 76.6 cm³/mol. The van der Waals surface area contributed by atoms with Crippen LogP contribution in [0.3, 0.4) is 0 Å². The van der Waals surface area contributed by atoms with Crippen LogP contribution in [0.15, 0.2) is 36.4 Å². The molecule has 2 amide bonds. The molecule has 0 bridgehead atoms. The monoisotopic (exact) mass is 272 g/mol. The first kappa shape index (κ1) is 13.9. The van der Waals surface area contributed by atoms with Crippen molar-refractivity contribution in [3.8, 4) is 5.75 Å². The fraction of sp³-hybridized carbons (Fsp3) is 0.200. The highest BCUT2D eigenvalue weighted by atomic mass is 16.3. The number of aromatic hydroxyl groups is 1. The normalized spacial score (nSPS) is 10.2. The van der Waals surface area contributed by atoms with E-state index in [4.69, 9.17) is 0 Å². The van der Waals surface area contributed by atoms with Crippen molar-refractivity contribution < 1.29 is 14.7 Å². The summed E-state index contributed by atoms with van der Waals surface area (Å²) in [6.07, 6.45) is 0. The lowest BCUT2D eigenvalue weighted by Crippen LogP contribution is -2.33. The summed E-state index contributed by atoms with van der Waals surface area (Å²) in [5.41, 5.74) is 0.228. The van der Waals surface area contributed by atoms with Gasteiger partial charge in [0.05, 0.1) is 5.56 Å². The summed E-state index contributed by atoms with van der Waals surface area (Å²) < 4.78 is 0. The van der Waals surface area contributed by atoms with Crippen LogP contribution in [-0.2, 0) is 4.79 Å². The number of carbonyl (C=O) groups is 2. The molecule has 5 heteroatoms. The van der Waals surface area contributed by atoms with Gasteiger partial charge in [0, 0.05) is 20.0 Å². The molecule has 0 fully saturated rings. The second-order valence-corrected chi connectivity index (χ2v) is 4.46. The van der Waals surface area contributed by atoms with Gasteiger partial charge >= 0.3 is 0 Å². The van der Waals surface area contributed by atoms with Gasteiger partial charge in [-0.25, -0.2) is 0 Å². The van der Waals surface area contributed by atoms with Crippen molar-refractivity contribution in [3.05, 3.63) is 42.0 Å².